The van der Waals surface area contributed by atoms with Crippen LogP contribution in [0.4, 0.5) is 15.8 Å². The van der Waals surface area contributed by atoms with Crippen molar-refractivity contribution in [2.45, 2.75) is 12.8 Å². The van der Waals surface area contributed by atoms with Crippen LogP contribution in [0.2, 0.25) is 0 Å². The lowest BCUT2D eigenvalue weighted by Crippen LogP contribution is -2.36. The molecule has 1 aromatic carbocycles. The van der Waals surface area contributed by atoms with Gasteiger partial charge in [0.05, 0.1) is 24.6 Å². The first kappa shape index (κ1) is 18.6. The highest BCUT2D eigenvalue weighted by Gasteiger charge is 2.22. The summed E-state index contributed by atoms with van der Waals surface area (Å²) in [6.07, 6.45) is 1.35. The van der Waals surface area contributed by atoms with Crippen LogP contribution in [0.1, 0.15) is 12.8 Å². The number of rotatable bonds is 5. The first-order valence-electron chi connectivity index (χ1n) is 8.30. The predicted octanol–water partition coefficient (Wildman–Crippen LogP) is 1.65. The molecule has 0 unspecified atom stereocenters. The molecule has 0 aromatic heterocycles. The zero-order valence-corrected chi connectivity index (χ0v) is 14.3. The third-order valence-electron chi connectivity index (χ3n) is 4.07. The Balaban J connectivity index is 1.67. The van der Waals surface area contributed by atoms with Gasteiger partial charge in [0, 0.05) is 43.1 Å². The van der Waals surface area contributed by atoms with Crippen LogP contribution in [0.3, 0.4) is 0 Å². The van der Waals surface area contributed by atoms with Crippen molar-refractivity contribution in [2.24, 2.45) is 4.99 Å². The standard InChI is InChI=1S/C17H17FN4O5/c18-14-2-1-11(8-15(14)22(25)26)20-17(24)9-12-7-13(23)10-16(19-12)21-3-5-27-6-4-21/h1-2,8,10H,3-7,9H2,(H,20,24). The Bertz CT molecular complexity index is 846. The molecular formula is C17H17FN4O5. The highest BCUT2D eigenvalue weighted by molar-refractivity contribution is 6.16. The van der Waals surface area contributed by atoms with Crippen molar-refractivity contribution in [3.8, 4) is 0 Å². The van der Waals surface area contributed by atoms with Crippen LogP contribution in [-0.4, -0.2) is 53.5 Å². The molecule has 2 heterocycles. The van der Waals surface area contributed by atoms with Crippen molar-refractivity contribution in [3.63, 3.8) is 0 Å². The number of allylic oxidation sites excluding steroid dienone is 1. The topological polar surface area (TPSA) is 114 Å². The van der Waals surface area contributed by atoms with E-state index in [1.807, 2.05) is 4.90 Å². The SMILES string of the molecule is O=C1C=C(N2CCOCC2)N=C(CC(=O)Nc2ccc(F)c([N+](=O)[O-])c2)C1. The third kappa shape index (κ3) is 4.73. The van der Waals surface area contributed by atoms with Gasteiger partial charge in [-0.3, -0.25) is 19.7 Å². The molecule has 1 N–H and O–H groups in total. The first-order valence-corrected chi connectivity index (χ1v) is 8.30. The molecule has 2 aliphatic heterocycles. The number of carbonyl (C=O) groups excluding carboxylic acids is 2. The molecule has 3 rings (SSSR count). The third-order valence-corrected chi connectivity index (χ3v) is 4.07. The Morgan fingerprint density at radius 3 is 2.81 bits per heavy atom. The summed E-state index contributed by atoms with van der Waals surface area (Å²) >= 11 is 0. The fraction of sp³-hybridized carbons (Fsp3) is 0.353. The molecule has 142 valence electrons. The molecule has 1 saturated heterocycles. The van der Waals surface area contributed by atoms with Crippen LogP contribution >= 0.6 is 0 Å². The fourth-order valence-electron chi connectivity index (χ4n) is 2.81. The van der Waals surface area contributed by atoms with E-state index in [1.165, 1.54) is 12.1 Å². The molecule has 1 amide bonds. The van der Waals surface area contributed by atoms with Crippen LogP contribution in [-0.2, 0) is 14.3 Å². The number of ketones is 1. The average molecular weight is 376 g/mol. The molecule has 0 bridgehead atoms. The second-order valence-electron chi connectivity index (χ2n) is 6.07. The van der Waals surface area contributed by atoms with E-state index in [9.17, 15) is 24.1 Å². The number of nitro groups is 1. The minimum Gasteiger partial charge on any atom is -0.378 e. The van der Waals surface area contributed by atoms with Gasteiger partial charge in [0.15, 0.2) is 5.78 Å². The number of anilines is 1. The van der Waals surface area contributed by atoms with Crippen molar-refractivity contribution >= 4 is 28.8 Å². The van der Waals surface area contributed by atoms with E-state index in [-0.39, 0.29) is 24.3 Å². The van der Waals surface area contributed by atoms with Crippen LogP contribution < -0.4 is 5.32 Å². The molecule has 9 nitrogen and oxygen atoms in total. The zero-order valence-electron chi connectivity index (χ0n) is 14.3. The number of carbonyl (C=O) groups is 2. The number of morpholine rings is 1. The summed E-state index contributed by atoms with van der Waals surface area (Å²) in [6, 6.07) is 3.09. The monoisotopic (exact) mass is 376 g/mol. The molecule has 0 spiro atoms. The number of halogens is 1. The number of nitrogens with zero attached hydrogens (tertiary/aromatic N) is 3. The van der Waals surface area contributed by atoms with E-state index < -0.39 is 22.3 Å². The Kier molecular flexibility index (Phi) is 5.55. The van der Waals surface area contributed by atoms with Gasteiger partial charge in [-0.15, -0.1) is 0 Å². The summed E-state index contributed by atoms with van der Waals surface area (Å²) in [7, 11) is 0. The zero-order chi connectivity index (χ0) is 19.4. The maximum Gasteiger partial charge on any atom is 0.306 e. The quantitative estimate of drug-likeness (QED) is 0.617. The second kappa shape index (κ2) is 8.04. The minimum atomic E-state index is -0.986. The van der Waals surface area contributed by atoms with Crippen molar-refractivity contribution in [1.82, 2.24) is 4.90 Å². The minimum absolute atomic E-state index is 0.0326. The van der Waals surface area contributed by atoms with Gasteiger partial charge in [0.25, 0.3) is 0 Å². The number of hydrogen-bond acceptors (Lipinski definition) is 7. The fourth-order valence-corrected chi connectivity index (χ4v) is 2.81. The lowest BCUT2D eigenvalue weighted by Gasteiger charge is -2.30. The van der Waals surface area contributed by atoms with E-state index in [2.05, 4.69) is 10.3 Å². The van der Waals surface area contributed by atoms with Crippen molar-refractivity contribution in [1.29, 1.82) is 0 Å². The Labute approximate surface area is 153 Å². The number of ether oxygens (including phenoxy) is 1. The van der Waals surface area contributed by atoms with Crippen LogP contribution in [0.25, 0.3) is 0 Å². The normalized spacial score (nSPS) is 17.2. The van der Waals surface area contributed by atoms with E-state index in [4.69, 9.17) is 4.74 Å². The molecule has 0 saturated carbocycles. The molecule has 27 heavy (non-hydrogen) atoms. The van der Waals surface area contributed by atoms with Crippen molar-refractivity contribution in [2.75, 3.05) is 31.6 Å². The van der Waals surface area contributed by atoms with E-state index >= 15 is 0 Å². The van der Waals surface area contributed by atoms with Gasteiger partial charge in [-0.2, -0.15) is 4.39 Å². The molecule has 1 fully saturated rings. The number of hydrogen-bond donors (Lipinski definition) is 1. The van der Waals surface area contributed by atoms with Gasteiger partial charge in [-0.1, -0.05) is 0 Å². The lowest BCUT2D eigenvalue weighted by atomic mass is 10.1. The van der Waals surface area contributed by atoms with Gasteiger partial charge in [-0.05, 0) is 12.1 Å². The number of nitrogens with one attached hydrogen (secondary N) is 1. The molecular weight excluding hydrogens is 359 g/mol. The largest absolute Gasteiger partial charge is 0.378 e. The van der Waals surface area contributed by atoms with Gasteiger partial charge < -0.3 is 15.0 Å². The van der Waals surface area contributed by atoms with Gasteiger partial charge in [0.2, 0.25) is 11.7 Å². The predicted molar refractivity (Wildman–Crippen MR) is 93.8 cm³/mol. The molecule has 0 radical (unpaired) electrons. The molecule has 10 heteroatoms. The van der Waals surface area contributed by atoms with Gasteiger partial charge in [-0.25, -0.2) is 4.99 Å². The molecule has 0 aliphatic carbocycles. The van der Waals surface area contributed by atoms with Crippen LogP contribution in [0, 0.1) is 15.9 Å². The maximum absolute atomic E-state index is 13.4. The number of nitro benzene ring substituents is 1. The Morgan fingerprint density at radius 2 is 2.11 bits per heavy atom. The first-order chi connectivity index (χ1) is 12.9. The lowest BCUT2D eigenvalue weighted by molar-refractivity contribution is -0.387. The Hall–Kier alpha value is -3.14. The Morgan fingerprint density at radius 1 is 1.37 bits per heavy atom. The number of aliphatic imine (C=N–C) groups is 1. The summed E-state index contributed by atoms with van der Waals surface area (Å²) in [5, 5.41) is 13.2. The highest BCUT2D eigenvalue weighted by atomic mass is 19.1. The maximum atomic E-state index is 13.4. The molecule has 0 atom stereocenters. The second-order valence-corrected chi connectivity index (χ2v) is 6.07. The summed E-state index contributed by atoms with van der Waals surface area (Å²) in [5.41, 5.74) is -0.228. The van der Waals surface area contributed by atoms with Crippen molar-refractivity contribution in [3.05, 3.63) is 46.0 Å². The summed E-state index contributed by atoms with van der Waals surface area (Å²) < 4.78 is 18.6. The van der Waals surface area contributed by atoms with Gasteiger partial charge >= 0.3 is 5.69 Å². The molecule has 1 aromatic rings. The summed E-state index contributed by atoms with van der Waals surface area (Å²) in [5.74, 6) is -1.12. The van der Waals surface area contributed by atoms with Crippen LogP contribution in [0.15, 0.2) is 35.1 Å². The van der Waals surface area contributed by atoms with E-state index in [0.29, 0.717) is 37.8 Å². The number of benzene rings is 1. The van der Waals surface area contributed by atoms with Gasteiger partial charge in [0.1, 0.15) is 5.82 Å². The van der Waals surface area contributed by atoms with E-state index in [0.717, 1.165) is 12.1 Å². The summed E-state index contributed by atoms with van der Waals surface area (Å²) in [4.78, 5) is 40.4. The van der Waals surface area contributed by atoms with Crippen molar-refractivity contribution < 1.29 is 23.6 Å². The highest BCUT2D eigenvalue weighted by Crippen LogP contribution is 2.22. The van der Waals surface area contributed by atoms with Crippen LogP contribution in [0.5, 0.6) is 0 Å². The average Bonchev–Trinajstić information content (AvgIpc) is 2.63. The smallest absolute Gasteiger partial charge is 0.306 e. The summed E-state index contributed by atoms with van der Waals surface area (Å²) in [6.45, 7) is 2.31. The van der Waals surface area contributed by atoms with E-state index in [1.54, 1.807) is 0 Å². The number of amides is 1. The molecule has 2 aliphatic rings.